The molecule has 1 rings (SSSR count). The molecule has 0 aromatic carbocycles. The molecule has 0 spiro atoms. The van der Waals surface area contributed by atoms with Crippen LogP contribution < -0.4 is 0 Å². The summed E-state index contributed by atoms with van der Waals surface area (Å²) in [6.07, 6.45) is 0. The van der Waals surface area contributed by atoms with E-state index in [2.05, 4.69) is 56.6 Å². The van der Waals surface area contributed by atoms with E-state index < -0.39 is 0 Å². The average molecular weight is 271 g/mol. The molecular weight excluding hydrogens is 234 g/mol. The van der Waals surface area contributed by atoms with Crippen LogP contribution in [-0.4, -0.2) is 41.6 Å². The van der Waals surface area contributed by atoms with E-state index in [1.807, 2.05) is 27.7 Å². The van der Waals surface area contributed by atoms with Crippen LogP contribution in [-0.2, 0) is 0 Å². The highest BCUT2D eigenvalue weighted by molar-refractivity contribution is 5.83. The molecule has 0 atom stereocenters. The topological polar surface area (TPSA) is 28.0 Å². The van der Waals surface area contributed by atoms with Gasteiger partial charge in [0.25, 0.3) is 0 Å². The molecule has 0 radical (unpaired) electrons. The zero-order chi connectivity index (χ0) is 15.1. The Hall–Kier alpha value is -0.860. The van der Waals surface area contributed by atoms with Crippen molar-refractivity contribution in [2.24, 2.45) is 9.98 Å². The van der Waals surface area contributed by atoms with Crippen molar-refractivity contribution in [2.45, 2.75) is 80.8 Å². The molecule has 1 aliphatic rings. The van der Waals surface area contributed by atoms with E-state index in [1.165, 1.54) is 0 Å². The quantitative estimate of drug-likeness (QED) is 0.589. The zero-order valence-electron chi connectivity index (χ0n) is 14.3. The normalized spacial score (nSPS) is 17.8. The highest BCUT2D eigenvalue weighted by Gasteiger charge is 2.45. The molecule has 3 nitrogen and oxygen atoms in total. The summed E-state index contributed by atoms with van der Waals surface area (Å²) in [6.45, 7) is 18.8. The summed E-state index contributed by atoms with van der Waals surface area (Å²) in [7, 11) is 3.89. The van der Waals surface area contributed by atoms with Gasteiger partial charge in [-0.1, -0.05) is 21.3 Å². The van der Waals surface area contributed by atoms with Gasteiger partial charge in [0.1, 0.15) is 0 Å². The molecule has 0 aliphatic carbocycles. The highest BCUT2D eigenvalue weighted by atomic mass is 15.3. The Bertz CT molecular complexity index is 295. The lowest BCUT2D eigenvalue weighted by Crippen LogP contribution is -2.50. The van der Waals surface area contributed by atoms with Gasteiger partial charge in [-0.05, 0) is 48.5 Å². The molecule has 116 valence electrons. The third-order valence-electron chi connectivity index (χ3n) is 3.71. The maximum Gasteiger partial charge on any atom is 0.0967 e. The molecule has 1 heterocycles. The Labute approximate surface area is 122 Å². The van der Waals surface area contributed by atoms with Crippen LogP contribution in [0.1, 0.15) is 69.7 Å². The van der Waals surface area contributed by atoms with Crippen molar-refractivity contribution in [3.05, 3.63) is 0 Å². The fourth-order valence-corrected chi connectivity index (χ4v) is 1.43. The third-order valence-corrected chi connectivity index (χ3v) is 3.71. The van der Waals surface area contributed by atoms with Crippen molar-refractivity contribution in [1.29, 1.82) is 0 Å². The number of hydrogen-bond acceptors (Lipinski definition) is 3. The molecule has 1 aliphatic heterocycles. The van der Waals surface area contributed by atoms with Gasteiger partial charge in [-0.15, -0.1) is 0 Å². The van der Waals surface area contributed by atoms with Crippen LogP contribution in [0.3, 0.4) is 0 Å². The van der Waals surface area contributed by atoms with E-state index in [9.17, 15) is 0 Å². The number of rotatable bonds is 0. The number of likely N-dealkylation sites (N-methyl/N-ethyl adjacent to an activating group) is 1. The van der Waals surface area contributed by atoms with E-state index in [4.69, 9.17) is 0 Å². The second kappa shape index (κ2) is 9.11. The molecule has 0 aromatic heterocycles. The summed E-state index contributed by atoms with van der Waals surface area (Å²) < 4.78 is 0. The lowest BCUT2D eigenvalue weighted by Gasteiger charge is -2.38. The molecule has 3 heteroatoms. The standard InChI is InChI=1S/C9H18N2.C4H9N.C2H6.CH4/c1-7-10-8(2,3)9(4,5)11(7)6;1-4(2)5-3;1-2;/h1-6H3;1-3H3;1-2H3;1H4. The van der Waals surface area contributed by atoms with Crippen LogP contribution in [0.2, 0.25) is 0 Å². The Morgan fingerprint density at radius 3 is 1.47 bits per heavy atom. The Morgan fingerprint density at radius 1 is 1.11 bits per heavy atom. The molecular formula is C16H37N3. The van der Waals surface area contributed by atoms with Crippen LogP contribution in [0.5, 0.6) is 0 Å². The number of hydrogen-bond donors (Lipinski definition) is 0. The SMILES string of the molecule is C.CC.CC1=NC(C)(C)C(C)(C)N1C.CN=C(C)C. The van der Waals surface area contributed by atoms with Gasteiger partial charge in [0.15, 0.2) is 0 Å². The Morgan fingerprint density at radius 2 is 1.42 bits per heavy atom. The second-order valence-corrected chi connectivity index (χ2v) is 5.51. The summed E-state index contributed by atoms with van der Waals surface area (Å²) in [6, 6.07) is 0. The molecule has 0 aromatic rings. The molecule has 0 unspecified atom stereocenters. The summed E-state index contributed by atoms with van der Waals surface area (Å²) in [5.74, 6) is 1.14. The number of amidine groups is 1. The first kappa shape index (κ1) is 23.2. The van der Waals surface area contributed by atoms with Crippen LogP contribution in [0, 0.1) is 0 Å². The fourth-order valence-electron chi connectivity index (χ4n) is 1.43. The summed E-state index contributed by atoms with van der Waals surface area (Å²) in [4.78, 5) is 10.6. The van der Waals surface area contributed by atoms with Crippen molar-refractivity contribution in [1.82, 2.24) is 4.90 Å². The van der Waals surface area contributed by atoms with Gasteiger partial charge < -0.3 is 4.90 Å². The monoisotopic (exact) mass is 271 g/mol. The second-order valence-electron chi connectivity index (χ2n) is 5.51. The minimum Gasteiger partial charge on any atom is -0.356 e. The highest BCUT2D eigenvalue weighted by Crippen LogP contribution is 2.35. The summed E-state index contributed by atoms with van der Waals surface area (Å²) in [5, 5.41) is 0. The van der Waals surface area contributed by atoms with Crippen LogP contribution in [0.4, 0.5) is 0 Å². The smallest absolute Gasteiger partial charge is 0.0967 e. The molecule has 19 heavy (non-hydrogen) atoms. The molecule has 0 N–H and O–H groups in total. The number of nitrogens with zero attached hydrogens (tertiary/aromatic N) is 3. The van der Waals surface area contributed by atoms with Crippen molar-refractivity contribution in [2.75, 3.05) is 14.1 Å². The van der Waals surface area contributed by atoms with Gasteiger partial charge >= 0.3 is 0 Å². The van der Waals surface area contributed by atoms with E-state index in [0.717, 1.165) is 11.5 Å². The van der Waals surface area contributed by atoms with Crippen LogP contribution in [0.15, 0.2) is 9.98 Å². The van der Waals surface area contributed by atoms with Gasteiger partial charge in [-0.3, -0.25) is 9.98 Å². The third kappa shape index (κ3) is 6.22. The summed E-state index contributed by atoms with van der Waals surface area (Å²) in [5.41, 5.74) is 1.33. The molecule has 0 fully saturated rings. The molecule has 0 amide bonds. The maximum absolute atomic E-state index is 4.60. The summed E-state index contributed by atoms with van der Waals surface area (Å²) >= 11 is 0. The van der Waals surface area contributed by atoms with Gasteiger partial charge in [0.05, 0.1) is 16.9 Å². The van der Waals surface area contributed by atoms with Gasteiger partial charge in [0, 0.05) is 19.8 Å². The van der Waals surface area contributed by atoms with Crippen LogP contribution >= 0.6 is 0 Å². The van der Waals surface area contributed by atoms with Gasteiger partial charge in [0.2, 0.25) is 0 Å². The molecule has 0 bridgehead atoms. The lowest BCUT2D eigenvalue weighted by molar-refractivity contribution is 0.185. The van der Waals surface area contributed by atoms with Crippen molar-refractivity contribution < 1.29 is 0 Å². The van der Waals surface area contributed by atoms with Gasteiger partial charge in [-0.2, -0.15) is 0 Å². The lowest BCUT2D eigenvalue weighted by atomic mass is 9.83. The van der Waals surface area contributed by atoms with E-state index in [-0.39, 0.29) is 18.5 Å². The maximum atomic E-state index is 4.60. The van der Waals surface area contributed by atoms with Crippen molar-refractivity contribution in [3.63, 3.8) is 0 Å². The first-order valence-electron chi connectivity index (χ1n) is 6.76. The first-order valence-corrected chi connectivity index (χ1v) is 6.76. The molecule has 0 saturated heterocycles. The predicted octanol–water partition coefficient (Wildman–Crippen LogP) is 4.67. The number of aliphatic imine (C=N–C) groups is 2. The van der Waals surface area contributed by atoms with Crippen LogP contribution in [0.25, 0.3) is 0 Å². The minimum atomic E-state index is 0. The average Bonchev–Trinajstić information content (AvgIpc) is 2.42. The Kier molecular flexibility index (Phi) is 11.1. The predicted molar refractivity (Wildman–Crippen MR) is 91.8 cm³/mol. The van der Waals surface area contributed by atoms with E-state index in [1.54, 1.807) is 7.05 Å². The van der Waals surface area contributed by atoms with E-state index >= 15 is 0 Å². The zero-order valence-corrected chi connectivity index (χ0v) is 14.3. The van der Waals surface area contributed by atoms with Crippen molar-refractivity contribution >= 4 is 11.5 Å². The first-order chi connectivity index (χ1) is 8.06. The van der Waals surface area contributed by atoms with Crippen molar-refractivity contribution in [3.8, 4) is 0 Å². The van der Waals surface area contributed by atoms with Gasteiger partial charge in [-0.25, -0.2) is 0 Å². The Balaban J connectivity index is -0.000000275. The van der Waals surface area contributed by atoms with E-state index in [0.29, 0.717) is 0 Å². The largest absolute Gasteiger partial charge is 0.356 e. The molecule has 0 saturated carbocycles. The fraction of sp³-hybridized carbons (Fsp3) is 0.875. The minimum absolute atomic E-state index is 0.